The Hall–Kier alpha value is -0.320. The molecule has 1 unspecified atom stereocenters. The smallest absolute Gasteiger partial charge is 0.238 e. The van der Waals surface area contributed by atoms with Crippen LogP contribution < -0.4 is 5.73 Å². The van der Waals surface area contributed by atoms with E-state index in [2.05, 4.69) is 0 Å². The molecule has 4 nitrogen and oxygen atoms in total. The molecule has 1 fully saturated rings. The topological polar surface area (TPSA) is 55.6 Å². The Labute approximate surface area is 97.5 Å². The molecular formula is C10H21ClN2O2. The number of nitrogens with two attached hydrogens (primary N) is 1. The number of carbonyl (C=O) groups excluding carboxylic acids is 1. The Morgan fingerprint density at radius 2 is 2.33 bits per heavy atom. The van der Waals surface area contributed by atoms with Crippen molar-refractivity contribution in [1.82, 2.24) is 4.90 Å². The highest BCUT2D eigenvalue weighted by molar-refractivity contribution is 5.85. The van der Waals surface area contributed by atoms with Crippen molar-refractivity contribution in [3.05, 3.63) is 0 Å². The van der Waals surface area contributed by atoms with E-state index in [4.69, 9.17) is 10.5 Å². The fourth-order valence-corrected chi connectivity index (χ4v) is 1.78. The maximum absolute atomic E-state index is 11.5. The Kier molecular flexibility index (Phi) is 6.89. The lowest BCUT2D eigenvalue weighted by atomic mass is 10.0. The number of nitrogens with zero attached hydrogens (tertiary/aromatic N) is 1. The number of carbonyl (C=O) groups is 1. The number of hydrogen-bond donors (Lipinski definition) is 1. The molecule has 1 aliphatic rings. The standard InChI is InChI=1S/C10H20N2O2.ClH/c1-8(11)10(13)12(2)6-9-4-3-5-14-7-9;/h8-9H,3-7,11H2,1-2H3;1H/t8-,9?;/m0./s1. The van der Waals surface area contributed by atoms with Gasteiger partial charge in [0.05, 0.1) is 12.6 Å². The number of halogens is 1. The molecular weight excluding hydrogens is 216 g/mol. The molecule has 1 rings (SSSR count). The van der Waals surface area contributed by atoms with Gasteiger partial charge in [-0.3, -0.25) is 4.79 Å². The van der Waals surface area contributed by atoms with Crippen LogP contribution in [0.3, 0.4) is 0 Å². The maximum Gasteiger partial charge on any atom is 0.238 e. The van der Waals surface area contributed by atoms with Gasteiger partial charge in [-0.05, 0) is 25.7 Å². The third-order valence-electron chi connectivity index (χ3n) is 2.55. The SMILES string of the molecule is C[C@H](N)C(=O)N(C)CC1CCCOC1.Cl. The summed E-state index contributed by atoms with van der Waals surface area (Å²) in [6.07, 6.45) is 2.25. The first-order valence-corrected chi connectivity index (χ1v) is 5.19. The largest absolute Gasteiger partial charge is 0.381 e. The van der Waals surface area contributed by atoms with E-state index >= 15 is 0 Å². The molecule has 0 aromatic carbocycles. The molecule has 90 valence electrons. The summed E-state index contributed by atoms with van der Waals surface area (Å²) < 4.78 is 5.35. The van der Waals surface area contributed by atoms with Crippen LogP contribution in [0.1, 0.15) is 19.8 Å². The third kappa shape index (κ3) is 4.82. The van der Waals surface area contributed by atoms with Crippen molar-refractivity contribution in [2.75, 3.05) is 26.8 Å². The van der Waals surface area contributed by atoms with E-state index in [9.17, 15) is 4.79 Å². The van der Waals surface area contributed by atoms with Crippen LogP contribution in [0.2, 0.25) is 0 Å². The molecule has 15 heavy (non-hydrogen) atoms. The Balaban J connectivity index is 0.00000196. The van der Waals surface area contributed by atoms with E-state index in [1.54, 1.807) is 18.9 Å². The van der Waals surface area contributed by atoms with Crippen molar-refractivity contribution < 1.29 is 9.53 Å². The molecule has 0 radical (unpaired) electrons. The molecule has 2 atom stereocenters. The number of likely N-dealkylation sites (N-methyl/N-ethyl adjacent to an activating group) is 1. The van der Waals surface area contributed by atoms with Gasteiger partial charge >= 0.3 is 0 Å². The first-order chi connectivity index (χ1) is 6.61. The summed E-state index contributed by atoms with van der Waals surface area (Å²) in [5.41, 5.74) is 5.52. The molecule has 1 aliphatic heterocycles. The van der Waals surface area contributed by atoms with Crippen molar-refractivity contribution in [2.45, 2.75) is 25.8 Å². The molecule has 0 spiro atoms. The summed E-state index contributed by atoms with van der Waals surface area (Å²) in [6.45, 7) is 4.12. The van der Waals surface area contributed by atoms with Crippen LogP contribution in [0.5, 0.6) is 0 Å². The summed E-state index contributed by atoms with van der Waals surface area (Å²) >= 11 is 0. The summed E-state index contributed by atoms with van der Waals surface area (Å²) in [5.74, 6) is 0.493. The molecule has 0 aromatic rings. The molecule has 2 N–H and O–H groups in total. The van der Waals surface area contributed by atoms with Gasteiger partial charge in [-0.2, -0.15) is 0 Å². The molecule has 0 aromatic heterocycles. The van der Waals surface area contributed by atoms with Gasteiger partial charge in [-0.15, -0.1) is 12.4 Å². The average molecular weight is 237 g/mol. The average Bonchev–Trinajstić information content (AvgIpc) is 2.18. The minimum Gasteiger partial charge on any atom is -0.381 e. The van der Waals surface area contributed by atoms with Gasteiger partial charge in [0.2, 0.25) is 5.91 Å². The number of amides is 1. The molecule has 1 amide bonds. The summed E-state index contributed by atoms with van der Waals surface area (Å²) in [6, 6.07) is -0.399. The predicted molar refractivity (Wildman–Crippen MR) is 62.1 cm³/mol. The van der Waals surface area contributed by atoms with Crippen LogP contribution in [0.25, 0.3) is 0 Å². The predicted octanol–water partition coefficient (Wildman–Crippen LogP) is 0.640. The van der Waals surface area contributed by atoms with Crippen LogP contribution in [0.15, 0.2) is 0 Å². The van der Waals surface area contributed by atoms with Crippen molar-refractivity contribution in [3.8, 4) is 0 Å². The van der Waals surface area contributed by atoms with Crippen LogP contribution >= 0.6 is 12.4 Å². The molecule has 0 bridgehead atoms. The Morgan fingerprint density at radius 1 is 1.67 bits per heavy atom. The summed E-state index contributed by atoms with van der Waals surface area (Å²) in [7, 11) is 1.81. The van der Waals surface area contributed by atoms with Gasteiger partial charge in [0.15, 0.2) is 0 Å². The van der Waals surface area contributed by atoms with E-state index < -0.39 is 6.04 Å². The summed E-state index contributed by atoms with van der Waals surface area (Å²) in [4.78, 5) is 13.2. The number of rotatable bonds is 3. The highest BCUT2D eigenvalue weighted by atomic mass is 35.5. The second kappa shape index (κ2) is 7.04. The fourth-order valence-electron chi connectivity index (χ4n) is 1.78. The zero-order valence-corrected chi connectivity index (χ0v) is 10.3. The quantitative estimate of drug-likeness (QED) is 0.783. The van der Waals surface area contributed by atoms with Gasteiger partial charge in [0.1, 0.15) is 0 Å². The fraction of sp³-hybridized carbons (Fsp3) is 0.900. The third-order valence-corrected chi connectivity index (χ3v) is 2.55. The van der Waals surface area contributed by atoms with E-state index in [-0.39, 0.29) is 18.3 Å². The van der Waals surface area contributed by atoms with Crippen molar-refractivity contribution in [1.29, 1.82) is 0 Å². The molecule has 0 saturated carbocycles. The van der Waals surface area contributed by atoms with Crippen molar-refractivity contribution in [3.63, 3.8) is 0 Å². The lowest BCUT2D eigenvalue weighted by Gasteiger charge is -2.27. The molecule has 1 saturated heterocycles. The summed E-state index contributed by atoms with van der Waals surface area (Å²) in [5, 5.41) is 0. The van der Waals surface area contributed by atoms with Gasteiger partial charge < -0.3 is 15.4 Å². The number of hydrogen-bond acceptors (Lipinski definition) is 3. The van der Waals surface area contributed by atoms with E-state index in [1.165, 1.54) is 0 Å². The second-order valence-electron chi connectivity index (χ2n) is 4.09. The van der Waals surface area contributed by atoms with Crippen LogP contribution in [0, 0.1) is 5.92 Å². The lowest BCUT2D eigenvalue weighted by molar-refractivity contribution is -0.132. The van der Waals surface area contributed by atoms with Gasteiger partial charge in [0, 0.05) is 20.2 Å². The number of ether oxygens (including phenoxy) is 1. The molecule has 5 heteroatoms. The minimum atomic E-state index is -0.399. The van der Waals surface area contributed by atoms with E-state index in [0.717, 1.165) is 32.6 Å². The lowest BCUT2D eigenvalue weighted by Crippen LogP contribution is -2.43. The van der Waals surface area contributed by atoms with Gasteiger partial charge in [-0.1, -0.05) is 0 Å². The zero-order chi connectivity index (χ0) is 10.6. The van der Waals surface area contributed by atoms with E-state index in [0.29, 0.717) is 5.92 Å². The monoisotopic (exact) mass is 236 g/mol. The highest BCUT2D eigenvalue weighted by Gasteiger charge is 2.20. The maximum atomic E-state index is 11.5. The van der Waals surface area contributed by atoms with Crippen molar-refractivity contribution >= 4 is 18.3 Å². The minimum absolute atomic E-state index is 0. The van der Waals surface area contributed by atoms with E-state index in [1.807, 2.05) is 0 Å². The first kappa shape index (κ1) is 14.7. The first-order valence-electron chi connectivity index (χ1n) is 5.19. The highest BCUT2D eigenvalue weighted by Crippen LogP contribution is 2.14. The Bertz CT molecular complexity index is 194. The zero-order valence-electron chi connectivity index (χ0n) is 9.44. The normalized spacial score (nSPS) is 22.7. The van der Waals surface area contributed by atoms with Crippen molar-refractivity contribution in [2.24, 2.45) is 11.7 Å². The van der Waals surface area contributed by atoms with Crippen LogP contribution in [-0.4, -0.2) is 43.7 Å². The second-order valence-corrected chi connectivity index (χ2v) is 4.09. The van der Waals surface area contributed by atoms with Gasteiger partial charge in [-0.25, -0.2) is 0 Å². The molecule has 0 aliphatic carbocycles. The van der Waals surface area contributed by atoms with Crippen LogP contribution in [-0.2, 0) is 9.53 Å². The molecule has 1 heterocycles. The Morgan fingerprint density at radius 3 is 2.80 bits per heavy atom. The van der Waals surface area contributed by atoms with Crippen LogP contribution in [0.4, 0.5) is 0 Å². The van der Waals surface area contributed by atoms with Gasteiger partial charge in [0.25, 0.3) is 0 Å².